The van der Waals surface area contributed by atoms with Crippen LogP contribution in [-0.2, 0) is 4.79 Å². The van der Waals surface area contributed by atoms with Crippen LogP contribution >= 0.6 is 15.9 Å². The summed E-state index contributed by atoms with van der Waals surface area (Å²) in [6.07, 6.45) is 1.62. The van der Waals surface area contributed by atoms with Crippen LogP contribution in [0.15, 0.2) is 63.2 Å². The maximum atomic E-state index is 11.8. The number of carbonyl (C=O) groups excluding carboxylic acids is 1. The van der Waals surface area contributed by atoms with Crippen molar-refractivity contribution in [2.24, 2.45) is 10.2 Å². The molecule has 1 amide bonds. The molecule has 0 radical (unpaired) electrons. The lowest BCUT2D eigenvalue weighted by Gasteiger charge is -1.94. The van der Waals surface area contributed by atoms with Gasteiger partial charge in [0.2, 0.25) is 0 Å². The predicted octanol–water partition coefficient (Wildman–Crippen LogP) is 3.22. The first-order valence-electron chi connectivity index (χ1n) is 6.01. The molecular weight excluding hydrogens is 318 g/mol. The highest BCUT2D eigenvalue weighted by Crippen LogP contribution is 2.22. The van der Waals surface area contributed by atoms with Crippen LogP contribution < -0.4 is 5.32 Å². The summed E-state index contributed by atoms with van der Waals surface area (Å²) in [6.45, 7) is 0. The van der Waals surface area contributed by atoms with E-state index in [9.17, 15) is 4.79 Å². The Morgan fingerprint density at radius 3 is 2.80 bits per heavy atom. The van der Waals surface area contributed by atoms with Gasteiger partial charge in [0.05, 0.1) is 11.9 Å². The third-order valence-corrected chi connectivity index (χ3v) is 3.35. The van der Waals surface area contributed by atoms with E-state index in [1.54, 1.807) is 6.21 Å². The van der Waals surface area contributed by atoms with Crippen LogP contribution in [0.2, 0.25) is 0 Å². The smallest absolute Gasteiger partial charge is 0.276 e. The molecular formula is C15H10BrN3O. The SMILES string of the molecule is O=C1Nc2ccccc2/C1=N\N=C/c1cccc(Br)c1. The summed E-state index contributed by atoms with van der Waals surface area (Å²) in [4.78, 5) is 11.8. The van der Waals surface area contributed by atoms with Gasteiger partial charge in [-0.1, -0.05) is 46.3 Å². The molecule has 0 spiro atoms. The number of amides is 1. The average Bonchev–Trinajstić information content (AvgIpc) is 2.75. The number of anilines is 1. The van der Waals surface area contributed by atoms with E-state index in [2.05, 4.69) is 31.4 Å². The van der Waals surface area contributed by atoms with Gasteiger partial charge in [-0.2, -0.15) is 5.10 Å². The summed E-state index contributed by atoms with van der Waals surface area (Å²) in [7, 11) is 0. The van der Waals surface area contributed by atoms with Crippen LogP contribution in [0.4, 0.5) is 5.69 Å². The molecule has 0 unspecified atom stereocenters. The van der Waals surface area contributed by atoms with Crippen molar-refractivity contribution in [2.45, 2.75) is 0 Å². The summed E-state index contributed by atoms with van der Waals surface area (Å²) in [5.41, 5.74) is 2.81. The van der Waals surface area contributed by atoms with Gasteiger partial charge in [-0.05, 0) is 23.8 Å². The Morgan fingerprint density at radius 1 is 1.10 bits per heavy atom. The number of hydrogen-bond acceptors (Lipinski definition) is 3. The maximum Gasteiger partial charge on any atom is 0.276 e. The molecule has 4 nitrogen and oxygen atoms in total. The van der Waals surface area contributed by atoms with Crippen molar-refractivity contribution >= 4 is 39.5 Å². The summed E-state index contributed by atoms with van der Waals surface area (Å²) in [5.74, 6) is -0.224. The van der Waals surface area contributed by atoms with Gasteiger partial charge in [-0.3, -0.25) is 4.79 Å². The molecule has 1 N–H and O–H groups in total. The Bertz CT molecular complexity index is 737. The quantitative estimate of drug-likeness (QED) is 0.668. The molecule has 2 aromatic rings. The van der Waals surface area contributed by atoms with Gasteiger partial charge in [0, 0.05) is 10.0 Å². The fourth-order valence-electron chi connectivity index (χ4n) is 1.94. The lowest BCUT2D eigenvalue weighted by Crippen LogP contribution is -2.13. The third-order valence-electron chi connectivity index (χ3n) is 2.86. The molecule has 0 saturated heterocycles. The molecule has 20 heavy (non-hydrogen) atoms. The first kappa shape index (κ1) is 12.7. The van der Waals surface area contributed by atoms with E-state index >= 15 is 0 Å². The molecule has 3 rings (SSSR count). The number of rotatable bonds is 2. The molecule has 0 fully saturated rings. The van der Waals surface area contributed by atoms with E-state index in [0.29, 0.717) is 5.71 Å². The molecule has 0 aliphatic carbocycles. The van der Waals surface area contributed by atoms with Crippen LogP contribution in [-0.4, -0.2) is 17.8 Å². The Labute approximate surface area is 124 Å². The van der Waals surface area contributed by atoms with E-state index in [4.69, 9.17) is 0 Å². The van der Waals surface area contributed by atoms with E-state index in [-0.39, 0.29) is 5.91 Å². The maximum absolute atomic E-state index is 11.8. The number of nitrogens with one attached hydrogen (secondary N) is 1. The highest BCUT2D eigenvalue weighted by atomic mass is 79.9. The molecule has 98 valence electrons. The molecule has 0 aromatic heterocycles. The summed E-state index contributed by atoms with van der Waals surface area (Å²) < 4.78 is 0.970. The predicted molar refractivity (Wildman–Crippen MR) is 83.3 cm³/mol. The topological polar surface area (TPSA) is 53.8 Å². The van der Waals surface area contributed by atoms with Crippen molar-refractivity contribution in [3.63, 3.8) is 0 Å². The summed E-state index contributed by atoms with van der Waals surface area (Å²) in [5, 5.41) is 10.8. The van der Waals surface area contributed by atoms with Crippen LogP contribution in [0, 0.1) is 0 Å². The van der Waals surface area contributed by atoms with Gasteiger partial charge in [-0.15, -0.1) is 5.10 Å². The number of benzene rings is 2. The van der Waals surface area contributed by atoms with Crippen LogP contribution in [0.1, 0.15) is 11.1 Å². The summed E-state index contributed by atoms with van der Waals surface area (Å²) in [6, 6.07) is 15.1. The molecule has 2 aromatic carbocycles. The second-order valence-electron chi connectivity index (χ2n) is 4.25. The molecule has 1 heterocycles. The molecule has 1 aliphatic rings. The molecule has 0 bridgehead atoms. The van der Waals surface area contributed by atoms with E-state index in [0.717, 1.165) is 21.3 Å². The highest BCUT2D eigenvalue weighted by molar-refractivity contribution is 9.10. The van der Waals surface area contributed by atoms with Crippen molar-refractivity contribution < 1.29 is 4.79 Å². The lowest BCUT2D eigenvalue weighted by atomic mass is 10.1. The van der Waals surface area contributed by atoms with Gasteiger partial charge in [0.15, 0.2) is 5.71 Å². The Hall–Kier alpha value is -2.27. The van der Waals surface area contributed by atoms with Gasteiger partial charge >= 0.3 is 0 Å². The van der Waals surface area contributed by atoms with Crippen molar-refractivity contribution in [3.05, 3.63) is 64.1 Å². The normalized spacial score (nSPS) is 15.7. The average molecular weight is 328 g/mol. The van der Waals surface area contributed by atoms with Crippen molar-refractivity contribution in [1.29, 1.82) is 0 Å². The minimum absolute atomic E-state index is 0.224. The Kier molecular flexibility index (Phi) is 3.43. The van der Waals surface area contributed by atoms with Gasteiger partial charge in [0.1, 0.15) is 0 Å². The fourth-order valence-corrected chi connectivity index (χ4v) is 2.36. The number of carbonyl (C=O) groups is 1. The standard InChI is InChI=1S/C15H10BrN3O/c16-11-5-3-4-10(8-11)9-17-19-14-12-6-1-2-7-13(12)18-15(14)20/h1-9H,(H,18,19,20)/b17-9-. The van der Waals surface area contributed by atoms with E-state index < -0.39 is 0 Å². The van der Waals surface area contributed by atoms with Crippen molar-refractivity contribution in [3.8, 4) is 0 Å². The van der Waals surface area contributed by atoms with Crippen LogP contribution in [0.3, 0.4) is 0 Å². The minimum atomic E-state index is -0.224. The van der Waals surface area contributed by atoms with Gasteiger partial charge in [-0.25, -0.2) is 0 Å². The van der Waals surface area contributed by atoms with E-state index in [1.165, 1.54) is 0 Å². The molecule has 0 atom stereocenters. The second kappa shape index (κ2) is 5.38. The fraction of sp³-hybridized carbons (Fsp3) is 0. The second-order valence-corrected chi connectivity index (χ2v) is 5.16. The van der Waals surface area contributed by atoms with Crippen molar-refractivity contribution in [2.75, 3.05) is 5.32 Å². The lowest BCUT2D eigenvalue weighted by molar-refractivity contribution is -0.110. The monoisotopic (exact) mass is 327 g/mol. The highest BCUT2D eigenvalue weighted by Gasteiger charge is 2.25. The Morgan fingerprint density at radius 2 is 1.95 bits per heavy atom. The van der Waals surface area contributed by atoms with Crippen LogP contribution in [0.25, 0.3) is 0 Å². The van der Waals surface area contributed by atoms with E-state index in [1.807, 2.05) is 48.5 Å². The first-order valence-corrected chi connectivity index (χ1v) is 6.81. The molecule has 1 aliphatic heterocycles. The number of hydrogen-bond donors (Lipinski definition) is 1. The zero-order valence-corrected chi connectivity index (χ0v) is 12.0. The molecule has 5 heteroatoms. The zero-order chi connectivity index (χ0) is 13.9. The van der Waals surface area contributed by atoms with Gasteiger partial charge < -0.3 is 5.32 Å². The number of fused-ring (bicyclic) bond motifs is 1. The number of nitrogens with zero attached hydrogens (tertiary/aromatic N) is 2. The van der Waals surface area contributed by atoms with Crippen molar-refractivity contribution in [1.82, 2.24) is 0 Å². The zero-order valence-electron chi connectivity index (χ0n) is 10.4. The summed E-state index contributed by atoms with van der Waals surface area (Å²) >= 11 is 3.39. The number of para-hydroxylation sites is 1. The number of halogens is 1. The van der Waals surface area contributed by atoms with Gasteiger partial charge in [0.25, 0.3) is 5.91 Å². The minimum Gasteiger partial charge on any atom is -0.320 e. The van der Waals surface area contributed by atoms with Crippen LogP contribution in [0.5, 0.6) is 0 Å². The third kappa shape index (κ3) is 2.53. The Balaban J connectivity index is 1.88. The molecule has 0 saturated carbocycles. The largest absolute Gasteiger partial charge is 0.320 e. The first-order chi connectivity index (χ1) is 9.74.